The highest BCUT2D eigenvalue weighted by Crippen LogP contribution is 2.11. The van der Waals surface area contributed by atoms with Gasteiger partial charge in [-0.1, -0.05) is 34.6 Å². The van der Waals surface area contributed by atoms with Crippen molar-refractivity contribution in [1.82, 2.24) is 9.80 Å². The molecule has 0 atom stereocenters. The van der Waals surface area contributed by atoms with E-state index in [4.69, 9.17) is 0 Å². The van der Waals surface area contributed by atoms with Crippen LogP contribution in [0, 0.1) is 0 Å². The summed E-state index contributed by atoms with van der Waals surface area (Å²) in [5.74, 6) is 0. The minimum Gasteiger partial charge on any atom is -0.301 e. The van der Waals surface area contributed by atoms with Crippen LogP contribution in [0.15, 0.2) is 0 Å². The Morgan fingerprint density at radius 1 is 0.867 bits per heavy atom. The van der Waals surface area contributed by atoms with E-state index in [1.165, 1.54) is 45.6 Å². The van der Waals surface area contributed by atoms with Gasteiger partial charge in [-0.3, -0.25) is 4.90 Å². The van der Waals surface area contributed by atoms with Gasteiger partial charge < -0.3 is 4.90 Å². The van der Waals surface area contributed by atoms with Crippen LogP contribution in [0.25, 0.3) is 0 Å². The third-order valence-electron chi connectivity index (χ3n) is 3.31. The Hall–Kier alpha value is -0.0800. The van der Waals surface area contributed by atoms with Crippen LogP contribution in [0.5, 0.6) is 0 Å². The van der Waals surface area contributed by atoms with Gasteiger partial charge in [0.15, 0.2) is 0 Å². The van der Waals surface area contributed by atoms with Gasteiger partial charge in [-0.05, 0) is 19.4 Å². The first-order valence-corrected chi connectivity index (χ1v) is 6.78. The van der Waals surface area contributed by atoms with Crippen LogP contribution in [-0.2, 0) is 0 Å². The third kappa shape index (κ3) is 4.98. The van der Waals surface area contributed by atoms with E-state index in [0.717, 1.165) is 6.04 Å². The van der Waals surface area contributed by atoms with E-state index < -0.39 is 0 Å². The highest BCUT2D eigenvalue weighted by Gasteiger charge is 2.20. The first-order valence-electron chi connectivity index (χ1n) is 6.78. The lowest BCUT2D eigenvalue weighted by atomic mass is 10.1. The number of nitrogens with zero attached hydrogens (tertiary/aromatic N) is 2. The number of hydrogen-bond acceptors (Lipinski definition) is 2. The van der Waals surface area contributed by atoms with Gasteiger partial charge in [0.25, 0.3) is 0 Å². The molecule has 0 aromatic heterocycles. The molecule has 0 unspecified atom stereocenters. The van der Waals surface area contributed by atoms with E-state index in [0.29, 0.717) is 0 Å². The Morgan fingerprint density at radius 3 is 1.67 bits per heavy atom. The maximum Gasteiger partial charge on any atom is 0.0113 e. The first-order chi connectivity index (χ1) is 7.31. The molecule has 1 heterocycles. The topological polar surface area (TPSA) is 6.48 Å². The molecule has 0 N–H and O–H groups in total. The summed E-state index contributed by atoms with van der Waals surface area (Å²) < 4.78 is 0. The Balaban J connectivity index is 0.000000921. The molecule has 2 nitrogen and oxygen atoms in total. The van der Waals surface area contributed by atoms with Crippen LogP contribution in [0.3, 0.4) is 0 Å². The van der Waals surface area contributed by atoms with Gasteiger partial charge >= 0.3 is 0 Å². The molecule has 2 heteroatoms. The van der Waals surface area contributed by atoms with Crippen LogP contribution in [0.1, 0.15) is 47.5 Å². The predicted molar refractivity (Wildman–Crippen MR) is 69.4 cm³/mol. The molecule has 0 amide bonds. The van der Waals surface area contributed by atoms with E-state index in [2.05, 4.69) is 30.6 Å². The first kappa shape index (κ1) is 14.9. The van der Waals surface area contributed by atoms with E-state index in [9.17, 15) is 0 Å². The molecule has 1 aliphatic rings. The molecule has 1 saturated heterocycles. The highest BCUT2D eigenvalue weighted by atomic mass is 15.3. The molecular formula is C13H30N2. The second-order valence-electron chi connectivity index (χ2n) is 3.94. The van der Waals surface area contributed by atoms with Crippen molar-refractivity contribution in [1.29, 1.82) is 0 Å². The predicted octanol–water partition coefficient (Wildman–Crippen LogP) is 2.84. The van der Waals surface area contributed by atoms with Crippen molar-refractivity contribution in [2.24, 2.45) is 0 Å². The van der Waals surface area contributed by atoms with E-state index in [-0.39, 0.29) is 0 Å². The minimum absolute atomic E-state index is 0.832. The quantitative estimate of drug-likeness (QED) is 0.710. The summed E-state index contributed by atoms with van der Waals surface area (Å²) in [6, 6.07) is 0.832. The minimum atomic E-state index is 0.832. The molecule has 0 saturated carbocycles. The van der Waals surface area contributed by atoms with Crippen molar-refractivity contribution in [3.63, 3.8) is 0 Å². The summed E-state index contributed by atoms with van der Waals surface area (Å²) in [6.45, 7) is 17.2. The fourth-order valence-electron chi connectivity index (χ4n) is 2.25. The van der Waals surface area contributed by atoms with E-state index in [1.807, 2.05) is 13.8 Å². The summed E-state index contributed by atoms with van der Waals surface area (Å²) in [4.78, 5) is 5.20. The van der Waals surface area contributed by atoms with Crippen molar-refractivity contribution < 1.29 is 0 Å². The largest absolute Gasteiger partial charge is 0.301 e. The Labute approximate surface area is 96.6 Å². The average molecular weight is 214 g/mol. The molecule has 1 rings (SSSR count). The van der Waals surface area contributed by atoms with Gasteiger partial charge in [0.1, 0.15) is 0 Å². The Bertz CT molecular complexity index is 124. The summed E-state index contributed by atoms with van der Waals surface area (Å²) >= 11 is 0. The fraction of sp³-hybridized carbons (Fsp3) is 1.00. The van der Waals surface area contributed by atoms with Crippen LogP contribution in [0.2, 0.25) is 0 Å². The molecule has 0 aromatic carbocycles. The maximum absolute atomic E-state index is 2.66. The molecule has 0 spiro atoms. The Kier molecular flexibility index (Phi) is 9.12. The van der Waals surface area contributed by atoms with Gasteiger partial charge in [-0.2, -0.15) is 0 Å². The summed E-state index contributed by atoms with van der Waals surface area (Å²) in [5, 5.41) is 0. The Morgan fingerprint density at radius 2 is 1.33 bits per heavy atom. The number of likely N-dealkylation sites (N-methyl/N-ethyl adjacent to an activating group) is 1. The number of hydrogen-bond donors (Lipinski definition) is 0. The molecule has 0 aromatic rings. The van der Waals surface area contributed by atoms with Crippen molar-refractivity contribution in [2.45, 2.75) is 53.5 Å². The standard InChI is InChI=1S/C11H24N2.C2H6/c1-4-11(5-2)13-9-7-12(6-3)8-10-13;1-2/h11H,4-10H2,1-3H3;1-2H3. The molecule has 0 radical (unpaired) electrons. The van der Waals surface area contributed by atoms with Gasteiger partial charge in [0.05, 0.1) is 0 Å². The second-order valence-corrected chi connectivity index (χ2v) is 3.94. The summed E-state index contributed by atoms with van der Waals surface area (Å²) in [5.41, 5.74) is 0. The normalized spacial score (nSPS) is 18.8. The highest BCUT2D eigenvalue weighted by molar-refractivity contribution is 4.76. The SMILES string of the molecule is CC.CCC(CC)N1CCN(CC)CC1. The number of piperazine rings is 1. The van der Waals surface area contributed by atoms with Crippen molar-refractivity contribution >= 4 is 0 Å². The van der Waals surface area contributed by atoms with Crippen molar-refractivity contribution in [2.75, 3.05) is 32.7 Å². The summed E-state index contributed by atoms with van der Waals surface area (Å²) in [6.07, 6.45) is 2.62. The maximum atomic E-state index is 2.66. The monoisotopic (exact) mass is 214 g/mol. The van der Waals surface area contributed by atoms with Gasteiger partial charge in [-0.25, -0.2) is 0 Å². The zero-order valence-corrected chi connectivity index (χ0v) is 11.4. The number of rotatable bonds is 4. The van der Waals surface area contributed by atoms with Crippen molar-refractivity contribution in [3.8, 4) is 0 Å². The molecular weight excluding hydrogens is 184 g/mol. The van der Waals surface area contributed by atoms with Crippen molar-refractivity contribution in [3.05, 3.63) is 0 Å². The lowest BCUT2D eigenvalue weighted by Gasteiger charge is -2.38. The molecule has 1 aliphatic heterocycles. The van der Waals surface area contributed by atoms with Crippen LogP contribution >= 0.6 is 0 Å². The second kappa shape index (κ2) is 9.17. The zero-order chi connectivity index (χ0) is 11.7. The average Bonchev–Trinajstić information content (AvgIpc) is 2.34. The zero-order valence-electron chi connectivity index (χ0n) is 11.4. The van der Waals surface area contributed by atoms with E-state index >= 15 is 0 Å². The van der Waals surface area contributed by atoms with Gasteiger partial charge in [-0.15, -0.1) is 0 Å². The van der Waals surface area contributed by atoms with E-state index in [1.54, 1.807) is 0 Å². The lowest BCUT2D eigenvalue weighted by Crippen LogP contribution is -2.49. The van der Waals surface area contributed by atoms with Gasteiger partial charge in [0.2, 0.25) is 0 Å². The molecule has 92 valence electrons. The molecule has 1 fully saturated rings. The molecule has 0 aliphatic carbocycles. The fourth-order valence-corrected chi connectivity index (χ4v) is 2.25. The summed E-state index contributed by atoms with van der Waals surface area (Å²) in [7, 11) is 0. The van der Waals surface area contributed by atoms with Crippen LogP contribution < -0.4 is 0 Å². The molecule has 0 bridgehead atoms. The van der Waals surface area contributed by atoms with Gasteiger partial charge in [0, 0.05) is 32.2 Å². The van der Waals surface area contributed by atoms with Crippen LogP contribution in [0.4, 0.5) is 0 Å². The van der Waals surface area contributed by atoms with Crippen LogP contribution in [-0.4, -0.2) is 48.6 Å². The molecule has 15 heavy (non-hydrogen) atoms. The third-order valence-corrected chi connectivity index (χ3v) is 3.31. The smallest absolute Gasteiger partial charge is 0.0113 e. The lowest BCUT2D eigenvalue weighted by molar-refractivity contribution is 0.0953.